The molecule has 0 aliphatic carbocycles. The number of rotatable bonds is 6. The number of nitrogens with two attached hydrogens (primary N) is 1. The number of para-hydroxylation sites is 2. The Labute approximate surface area is 123 Å². The summed E-state index contributed by atoms with van der Waals surface area (Å²) in [5.41, 5.74) is 6.75. The van der Waals surface area contributed by atoms with Gasteiger partial charge in [-0.25, -0.2) is 0 Å². The highest BCUT2D eigenvalue weighted by atomic mass is 16.5. The molecule has 1 aromatic carbocycles. The number of hydrogen-bond acceptors (Lipinski definition) is 4. The number of nitrogen functional groups attached to an aromatic ring is 1. The van der Waals surface area contributed by atoms with Gasteiger partial charge in [-0.1, -0.05) is 26.0 Å². The summed E-state index contributed by atoms with van der Waals surface area (Å²) in [6.45, 7) is 4.85. The van der Waals surface area contributed by atoms with Crippen LogP contribution >= 0.6 is 0 Å². The third-order valence-electron chi connectivity index (χ3n) is 2.69. The molecule has 0 saturated heterocycles. The molecule has 1 heterocycles. The monoisotopic (exact) mass is 288 g/mol. The van der Waals surface area contributed by atoms with Crippen molar-refractivity contribution in [1.82, 2.24) is 9.78 Å². The summed E-state index contributed by atoms with van der Waals surface area (Å²) in [5.74, 6) is 0.902. The zero-order valence-corrected chi connectivity index (χ0v) is 12.2. The first-order chi connectivity index (χ1) is 10.0. The zero-order valence-electron chi connectivity index (χ0n) is 12.2. The molecule has 0 bridgehead atoms. The van der Waals surface area contributed by atoms with E-state index in [-0.39, 0.29) is 12.5 Å². The normalized spacial score (nSPS) is 10.6. The zero-order chi connectivity index (χ0) is 15.2. The number of carbonyl (C=O) groups is 1. The minimum atomic E-state index is -0.182. The van der Waals surface area contributed by atoms with Crippen molar-refractivity contribution < 1.29 is 9.53 Å². The second-order valence-electron chi connectivity index (χ2n) is 5.22. The lowest BCUT2D eigenvalue weighted by atomic mass is 10.2. The number of nitrogens with zero attached hydrogens (tertiary/aromatic N) is 2. The number of benzene rings is 1. The van der Waals surface area contributed by atoms with Crippen LogP contribution in [0.2, 0.25) is 0 Å². The summed E-state index contributed by atoms with van der Waals surface area (Å²) in [5, 5.41) is 6.81. The predicted molar refractivity (Wildman–Crippen MR) is 82.0 cm³/mol. The van der Waals surface area contributed by atoms with Crippen molar-refractivity contribution in [2.75, 3.05) is 17.7 Å². The highest BCUT2D eigenvalue weighted by Crippen LogP contribution is 2.24. The summed E-state index contributed by atoms with van der Waals surface area (Å²) < 4.78 is 7.18. The molecule has 2 rings (SSSR count). The van der Waals surface area contributed by atoms with Crippen molar-refractivity contribution in [1.29, 1.82) is 0 Å². The molecule has 1 amide bonds. The van der Waals surface area contributed by atoms with Crippen LogP contribution < -0.4 is 15.8 Å². The first-order valence-corrected chi connectivity index (χ1v) is 6.84. The maximum atomic E-state index is 12.0. The van der Waals surface area contributed by atoms with Gasteiger partial charge in [0.2, 0.25) is 5.91 Å². The van der Waals surface area contributed by atoms with Crippen molar-refractivity contribution in [2.24, 2.45) is 5.92 Å². The van der Waals surface area contributed by atoms with E-state index in [2.05, 4.69) is 24.3 Å². The molecular formula is C15H20N4O2. The quantitative estimate of drug-likeness (QED) is 0.853. The number of ether oxygens (including phenoxy) is 1. The molecule has 6 heteroatoms. The third-order valence-corrected chi connectivity index (χ3v) is 2.69. The molecule has 21 heavy (non-hydrogen) atoms. The van der Waals surface area contributed by atoms with Gasteiger partial charge in [-0.05, 0) is 18.1 Å². The van der Waals surface area contributed by atoms with Gasteiger partial charge in [0.05, 0.1) is 24.2 Å². The van der Waals surface area contributed by atoms with E-state index in [4.69, 9.17) is 10.5 Å². The summed E-state index contributed by atoms with van der Waals surface area (Å²) >= 11 is 0. The van der Waals surface area contributed by atoms with Crippen LogP contribution in [0.3, 0.4) is 0 Å². The van der Waals surface area contributed by atoms with Gasteiger partial charge in [0.1, 0.15) is 12.3 Å². The smallest absolute Gasteiger partial charge is 0.246 e. The number of hydrogen-bond donors (Lipinski definition) is 2. The molecule has 3 N–H and O–H groups in total. The average Bonchev–Trinajstić information content (AvgIpc) is 2.83. The fourth-order valence-electron chi connectivity index (χ4n) is 1.76. The Morgan fingerprint density at radius 3 is 2.86 bits per heavy atom. The van der Waals surface area contributed by atoms with Gasteiger partial charge < -0.3 is 15.8 Å². The Hall–Kier alpha value is -2.50. The molecule has 0 unspecified atom stereocenters. The molecular weight excluding hydrogens is 268 g/mol. The fraction of sp³-hybridized carbons (Fsp3) is 0.333. The van der Waals surface area contributed by atoms with Gasteiger partial charge in [-0.2, -0.15) is 5.10 Å². The van der Waals surface area contributed by atoms with Crippen LogP contribution in [0.5, 0.6) is 5.75 Å². The molecule has 0 aliphatic rings. The van der Waals surface area contributed by atoms with Crippen LogP contribution in [0, 0.1) is 5.92 Å². The van der Waals surface area contributed by atoms with Gasteiger partial charge in [0.15, 0.2) is 0 Å². The van der Waals surface area contributed by atoms with Crippen molar-refractivity contribution in [3.05, 3.63) is 36.7 Å². The molecule has 0 fully saturated rings. The highest BCUT2D eigenvalue weighted by Gasteiger charge is 2.09. The molecule has 6 nitrogen and oxygen atoms in total. The van der Waals surface area contributed by atoms with Crippen molar-refractivity contribution >= 4 is 17.3 Å². The molecule has 0 spiro atoms. The lowest BCUT2D eigenvalue weighted by Gasteiger charge is -2.13. The molecule has 0 atom stereocenters. The summed E-state index contributed by atoms with van der Waals surface area (Å²) in [7, 11) is 0. The van der Waals surface area contributed by atoms with Crippen LogP contribution in [-0.2, 0) is 11.3 Å². The number of nitrogens with one attached hydrogen (secondary N) is 1. The van der Waals surface area contributed by atoms with E-state index in [9.17, 15) is 4.79 Å². The summed E-state index contributed by atoms with van der Waals surface area (Å²) in [6, 6.07) is 7.37. The van der Waals surface area contributed by atoms with Gasteiger partial charge in [-0.3, -0.25) is 9.48 Å². The Balaban J connectivity index is 1.99. The van der Waals surface area contributed by atoms with Crippen molar-refractivity contribution in [3.63, 3.8) is 0 Å². The van der Waals surface area contributed by atoms with E-state index in [0.717, 1.165) is 0 Å². The molecule has 0 aliphatic heterocycles. The van der Waals surface area contributed by atoms with Gasteiger partial charge >= 0.3 is 0 Å². The van der Waals surface area contributed by atoms with Crippen LogP contribution in [0.25, 0.3) is 0 Å². The van der Waals surface area contributed by atoms with Crippen LogP contribution in [0.4, 0.5) is 11.4 Å². The maximum Gasteiger partial charge on any atom is 0.246 e. The lowest BCUT2D eigenvalue weighted by molar-refractivity contribution is -0.116. The van der Waals surface area contributed by atoms with E-state index in [1.165, 1.54) is 10.9 Å². The van der Waals surface area contributed by atoms with Crippen LogP contribution in [0.15, 0.2) is 36.7 Å². The van der Waals surface area contributed by atoms with E-state index < -0.39 is 0 Å². The van der Waals surface area contributed by atoms with Crippen LogP contribution in [0.1, 0.15) is 13.8 Å². The Bertz CT molecular complexity index is 607. The standard InChI is InChI=1S/C15H20N4O2/c1-11(2)10-21-14-6-4-3-5-13(14)18-15(20)9-19-8-12(16)7-17-19/h3-8,11H,9-10,16H2,1-2H3,(H,18,20). The van der Waals surface area contributed by atoms with Crippen molar-refractivity contribution in [3.8, 4) is 5.75 Å². The first kappa shape index (κ1) is 14.9. The van der Waals surface area contributed by atoms with E-state index in [1.54, 1.807) is 6.20 Å². The van der Waals surface area contributed by atoms with Crippen LogP contribution in [-0.4, -0.2) is 22.3 Å². The predicted octanol–water partition coefficient (Wildman–Crippen LogP) is 2.14. The second-order valence-corrected chi connectivity index (χ2v) is 5.22. The Morgan fingerprint density at radius 2 is 2.19 bits per heavy atom. The van der Waals surface area contributed by atoms with E-state index >= 15 is 0 Å². The first-order valence-electron chi connectivity index (χ1n) is 6.84. The van der Waals surface area contributed by atoms with Gasteiger partial charge in [0, 0.05) is 6.20 Å². The molecule has 112 valence electrons. The minimum Gasteiger partial charge on any atom is -0.491 e. The molecule has 1 aromatic heterocycles. The van der Waals surface area contributed by atoms with E-state index in [0.29, 0.717) is 29.6 Å². The minimum absolute atomic E-state index is 0.107. The van der Waals surface area contributed by atoms with Crippen molar-refractivity contribution in [2.45, 2.75) is 20.4 Å². The topological polar surface area (TPSA) is 82.2 Å². The SMILES string of the molecule is CC(C)COc1ccccc1NC(=O)Cn1cc(N)cn1. The molecule has 0 saturated carbocycles. The largest absolute Gasteiger partial charge is 0.491 e. The number of amides is 1. The number of carbonyl (C=O) groups excluding carboxylic acids is 1. The maximum absolute atomic E-state index is 12.0. The second kappa shape index (κ2) is 6.78. The molecule has 0 radical (unpaired) electrons. The van der Waals surface area contributed by atoms with E-state index in [1.807, 2.05) is 24.3 Å². The average molecular weight is 288 g/mol. The third kappa shape index (κ3) is 4.52. The highest BCUT2D eigenvalue weighted by molar-refractivity contribution is 5.92. The summed E-state index contributed by atoms with van der Waals surface area (Å²) in [6.07, 6.45) is 3.12. The van der Waals surface area contributed by atoms with Gasteiger partial charge in [-0.15, -0.1) is 0 Å². The lowest BCUT2D eigenvalue weighted by Crippen LogP contribution is -2.19. The molecule has 2 aromatic rings. The number of aromatic nitrogens is 2. The van der Waals surface area contributed by atoms with Gasteiger partial charge in [0.25, 0.3) is 0 Å². The summed E-state index contributed by atoms with van der Waals surface area (Å²) in [4.78, 5) is 12.0. The fourth-order valence-corrected chi connectivity index (χ4v) is 1.76. The Kier molecular flexibility index (Phi) is 4.81. The number of anilines is 2. The Morgan fingerprint density at radius 1 is 1.43 bits per heavy atom.